The lowest BCUT2D eigenvalue weighted by Crippen LogP contribution is -2.33. The zero-order valence-electron chi connectivity index (χ0n) is 21.3. The second-order valence-electron chi connectivity index (χ2n) is 9.36. The molecular weight excluding hydrogens is 505 g/mol. The molecule has 0 aliphatic carbocycles. The molecule has 186 valence electrons. The van der Waals surface area contributed by atoms with Crippen LogP contribution >= 0.6 is 23.1 Å². The number of aromatic nitrogens is 1. The summed E-state index contributed by atoms with van der Waals surface area (Å²) in [7, 11) is 0. The molecule has 1 aliphatic rings. The van der Waals surface area contributed by atoms with Gasteiger partial charge in [0.1, 0.15) is 22.6 Å². The number of rotatable bonds is 5. The number of anilines is 1. The number of thiazole rings is 1. The molecule has 0 saturated heterocycles. The van der Waals surface area contributed by atoms with Crippen LogP contribution in [0.15, 0.2) is 111 Å². The molecule has 0 spiro atoms. The van der Waals surface area contributed by atoms with E-state index in [-0.39, 0.29) is 0 Å². The molecule has 3 heterocycles. The minimum absolute atomic E-state index is 0.885. The SMILES string of the molecule is CCN1C(=CC(=Cc2sc3ccccc3[n+]2CC)c2cc3ccccc3o2)Sc2c1ccc1ccccc21. The summed E-state index contributed by atoms with van der Waals surface area (Å²) >= 11 is 3.68. The number of fused-ring (bicyclic) bond motifs is 5. The van der Waals surface area contributed by atoms with Gasteiger partial charge in [0.15, 0.2) is 0 Å². The standard InChI is InChI=1S/C33H27N2OS2/c1-3-34-26-14-8-10-16-30(26)37-31(34)20-24(29-19-23-12-6-9-15-28(23)36-29)21-32-35(4-2)27-18-17-22-11-5-7-13-25(22)33(27)38-32/h5-21H,3-4H2,1-2H3/q+1. The Morgan fingerprint density at radius 1 is 0.895 bits per heavy atom. The minimum Gasteiger partial charge on any atom is -0.456 e. The van der Waals surface area contributed by atoms with Gasteiger partial charge in [0.25, 0.3) is 5.01 Å². The van der Waals surface area contributed by atoms with Crippen LogP contribution < -0.4 is 9.47 Å². The van der Waals surface area contributed by atoms with Crippen LogP contribution in [0.2, 0.25) is 0 Å². The molecule has 3 nitrogen and oxygen atoms in total. The summed E-state index contributed by atoms with van der Waals surface area (Å²) < 4.78 is 10.1. The predicted molar refractivity (Wildman–Crippen MR) is 163 cm³/mol. The summed E-state index contributed by atoms with van der Waals surface area (Å²) in [6.07, 6.45) is 4.61. The molecule has 0 unspecified atom stereocenters. The summed E-state index contributed by atoms with van der Waals surface area (Å²) in [5, 5.41) is 6.13. The van der Waals surface area contributed by atoms with Gasteiger partial charge >= 0.3 is 0 Å². The molecule has 1 aliphatic heterocycles. The van der Waals surface area contributed by atoms with Crippen LogP contribution in [0.3, 0.4) is 0 Å². The highest BCUT2D eigenvalue weighted by atomic mass is 32.2. The maximum atomic E-state index is 6.43. The zero-order chi connectivity index (χ0) is 25.6. The van der Waals surface area contributed by atoms with Gasteiger partial charge < -0.3 is 9.32 Å². The Hall–Kier alpha value is -3.80. The topological polar surface area (TPSA) is 20.3 Å². The summed E-state index contributed by atoms with van der Waals surface area (Å²) in [5.41, 5.74) is 4.53. The molecular formula is C33H27N2OS2+. The van der Waals surface area contributed by atoms with Crippen molar-refractivity contribution in [3.8, 4) is 0 Å². The normalized spacial score (nSPS) is 14.8. The average Bonchev–Trinajstić information content (AvgIpc) is 3.65. The average molecular weight is 532 g/mol. The van der Waals surface area contributed by atoms with Crippen LogP contribution in [0.4, 0.5) is 5.69 Å². The summed E-state index contributed by atoms with van der Waals surface area (Å²) in [6, 6.07) is 32.2. The molecule has 4 aromatic carbocycles. The number of hydrogen-bond acceptors (Lipinski definition) is 4. The molecule has 0 bridgehead atoms. The van der Waals surface area contributed by atoms with Crippen molar-refractivity contribution < 1.29 is 8.98 Å². The van der Waals surface area contributed by atoms with Crippen LogP contribution in [-0.4, -0.2) is 6.54 Å². The highest BCUT2D eigenvalue weighted by Gasteiger charge is 2.27. The number of allylic oxidation sites excluding steroid dienone is 2. The molecule has 2 aromatic heterocycles. The maximum absolute atomic E-state index is 6.43. The first-order valence-electron chi connectivity index (χ1n) is 13.0. The lowest BCUT2D eigenvalue weighted by atomic mass is 10.1. The van der Waals surface area contributed by atoms with Crippen molar-refractivity contribution in [1.29, 1.82) is 0 Å². The second-order valence-corrected chi connectivity index (χ2v) is 11.5. The van der Waals surface area contributed by atoms with Crippen molar-refractivity contribution in [1.82, 2.24) is 0 Å². The Labute approximate surface area is 230 Å². The van der Waals surface area contributed by atoms with Crippen molar-refractivity contribution in [2.24, 2.45) is 0 Å². The van der Waals surface area contributed by atoms with Gasteiger partial charge in [-0.25, -0.2) is 0 Å². The molecule has 38 heavy (non-hydrogen) atoms. The Kier molecular flexibility index (Phi) is 5.83. The molecule has 0 saturated carbocycles. The van der Waals surface area contributed by atoms with Gasteiger partial charge in [-0.1, -0.05) is 83.8 Å². The minimum atomic E-state index is 0.885. The zero-order valence-corrected chi connectivity index (χ0v) is 23.0. The number of furan rings is 1. The predicted octanol–water partition coefficient (Wildman–Crippen LogP) is 9.12. The van der Waals surface area contributed by atoms with Gasteiger partial charge in [0, 0.05) is 34.5 Å². The summed E-state index contributed by atoms with van der Waals surface area (Å²) in [6.45, 7) is 6.24. The largest absolute Gasteiger partial charge is 0.456 e. The third-order valence-corrected chi connectivity index (χ3v) is 9.45. The summed E-state index contributed by atoms with van der Waals surface area (Å²) in [4.78, 5) is 3.74. The Bertz CT molecular complexity index is 1860. The van der Waals surface area contributed by atoms with Gasteiger partial charge in [-0.2, -0.15) is 4.57 Å². The van der Waals surface area contributed by atoms with E-state index < -0.39 is 0 Å². The summed E-state index contributed by atoms with van der Waals surface area (Å²) in [5.74, 6) is 0.885. The van der Waals surface area contributed by atoms with E-state index in [1.54, 1.807) is 0 Å². The van der Waals surface area contributed by atoms with Gasteiger partial charge in [-0.05, 0) is 55.0 Å². The number of nitrogens with zero attached hydrogens (tertiary/aromatic N) is 2. The molecule has 0 amide bonds. The molecule has 0 atom stereocenters. The van der Waals surface area contributed by atoms with Gasteiger partial charge in [0.2, 0.25) is 5.52 Å². The quantitative estimate of drug-likeness (QED) is 0.207. The van der Waals surface area contributed by atoms with Crippen molar-refractivity contribution >= 4 is 72.4 Å². The van der Waals surface area contributed by atoms with E-state index in [9.17, 15) is 0 Å². The number of para-hydroxylation sites is 2. The molecule has 0 fully saturated rings. The van der Waals surface area contributed by atoms with Crippen molar-refractivity contribution in [2.75, 3.05) is 11.4 Å². The number of aryl methyl sites for hydroxylation is 1. The lowest BCUT2D eigenvalue weighted by Gasteiger charge is -2.18. The van der Waals surface area contributed by atoms with Crippen molar-refractivity contribution in [2.45, 2.75) is 25.3 Å². The number of thioether (sulfide) groups is 1. The number of hydrogen-bond donors (Lipinski definition) is 0. The van der Waals surface area contributed by atoms with Gasteiger partial charge in [0.05, 0.1) is 10.7 Å². The van der Waals surface area contributed by atoms with Crippen LogP contribution in [0, 0.1) is 0 Å². The van der Waals surface area contributed by atoms with Crippen molar-refractivity contribution in [3.05, 3.63) is 113 Å². The Balaban J connectivity index is 1.42. The molecule has 6 aromatic rings. The molecule has 0 radical (unpaired) electrons. The Morgan fingerprint density at radius 3 is 2.53 bits per heavy atom. The van der Waals surface area contributed by atoms with E-state index in [4.69, 9.17) is 4.42 Å². The van der Waals surface area contributed by atoms with E-state index >= 15 is 0 Å². The highest BCUT2D eigenvalue weighted by molar-refractivity contribution is 8.04. The van der Waals surface area contributed by atoms with E-state index in [1.807, 2.05) is 35.2 Å². The van der Waals surface area contributed by atoms with Crippen LogP contribution in [-0.2, 0) is 6.54 Å². The van der Waals surface area contributed by atoms with Crippen molar-refractivity contribution in [3.63, 3.8) is 0 Å². The first-order chi connectivity index (χ1) is 18.7. The van der Waals surface area contributed by atoms with E-state index in [0.717, 1.165) is 35.4 Å². The van der Waals surface area contributed by atoms with E-state index in [0.29, 0.717) is 0 Å². The molecule has 7 rings (SSSR count). The second kappa shape index (κ2) is 9.50. The van der Waals surface area contributed by atoms with Crippen LogP contribution in [0.1, 0.15) is 24.6 Å². The van der Waals surface area contributed by atoms with Gasteiger partial charge in [-0.3, -0.25) is 0 Å². The fraction of sp³-hybridized carbons (Fsp3) is 0.121. The van der Waals surface area contributed by atoms with Crippen LogP contribution in [0.25, 0.3) is 43.6 Å². The maximum Gasteiger partial charge on any atom is 0.263 e. The van der Waals surface area contributed by atoms with E-state index in [2.05, 4.69) is 114 Å². The van der Waals surface area contributed by atoms with Crippen LogP contribution in [0.5, 0.6) is 0 Å². The first-order valence-corrected chi connectivity index (χ1v) is 14.7. The monoisotopic (exact) mass is 531 g/mol. The molecule has 5 heteroatoms. The molecule has 0 N–H and O–H groups in total. The first kappa shape index (κ1) is 23.3. The fourth-order valence-corrected chi connectivity index (χ4v) is 7.81. The highest BCUT2D eigenvalue weighted by Crippen LogP contribution is 2.50. The van der Waals surface area contributed by atoms with E-state index in [1.165, 1.54) is 41.6 Å². The third-order valence-electron chi connectivity index (χ3n) is 7.16. The number of benzene rings is 4. The fourth-order valence-electron chi connectivity index (χ4n) is 5.32. The van der Waals surface area contributed by atoms with Gasteiger partial charge in [-0.15, -0.1) is 0 Å². The smallest absolute Gasteiger partial charge is 0.263 e. The Morgan fingerprint density at radius 2 is 1.68 bits per heavy atom. The third kappa shape index (κ3) is 3.85. The lowest BCUT2D eigenvalue weighted by molar-refractivity contribution is -0.665.